The van der Waals surface area contributed by atoms with Gasteiger partial charge in [0.25, 0.3) is 0 Å². The average Bonchev–Trinajstić information content (AvgIpc) is 3.00. The first kappa shape index (κ1) is 27.7. The van der Waals surface area contributed by atoms with E-state index in [1.54, 1.807) is 20.4 Å². The number of carbonyl (C=O) groups excluding carboxylic acids is 1. The maximum absolute atomic E-state index is 11.3. The highest BCUT2D eigenvalue weighted by molar-refractivity contribution is 5.83. The number of nitrogens with zero attached hydrogens (tertiary/aromatic N) is 4. The van der Waals surface area contributed by atoms with Crippen molar-refractivity contribution in [3.8, 4) is 23.3 Å². The first-order valence-corrected chi connectivity index (χ1v) is 13.5. The quantitative estimate of drug-likeness (QED) is 0.258. The Morgan fingerprint density at radius 1 is 1.00 bits per heavy atom. The Bertz CT molecular complexity index is 1570. The number of benzene rings is 3. The van der Waals surface area contributed by atoms with Gasteiger partial charge in [-0.05, 0) is 53.4 Å². The van der Waals surface area contributed by atoms with Crippen LogP contribution >= 0.6 is 0 Å². The minimum absolute atomic E-state index is 0.0744. The molecule has 0 atom stereocenters. The van der Waals surface area contributed by atoms with Gasteiger partial charge in [-0.2, -0.15) is 5.26 Å². The van der Waals surface area contributed by atoms with Crippen LogP contribution in [0.15, 0.2) is 60.8 Å². The number of nitriles is 1. The highest BCUT2D eigenvalue weighted by Crippen LogP contribution is 2.31. The lowest BCUT2D eigenvalue weighted by atomic mass is 9.98. The minimum atomic E-state index is -0.256. The number of fused-ring (bicyclic) bond motifs is 1. The van der Waals surface area contributed by atoms with Gasteiger partial charge >= 0.3 is 5.97 Å². The number of carbonyl (C=O) groups is 1. The number of aromatic nitrogens is 2. The van der Waals surface area contributed by atoms with E-state index in [0.717, 1.165) is 35.3 Å². The van der Waals surface area contributed by atoms with Gasteiger partial charge in [0, 0.05) is 32.9 Å². The molecule has 1 aromatic heterocycles. The van der Waals surface area contributed by atoms with Crippen molar-refractivity contribution in [1.29, 1.82) is 5.26 Å². The Hall–Kier alpha value is -4.84. The summed E-state index contributed by atoms with van der Waals surface area (Å²) in [7, 11) is 3.25. The minimum Gasteiger partial charge on any atom is -0.497 e. The molecular formula is C32H32N4O5. The summed E-state index contributed by atoms with van der Waals surface area (Å²) in [5.74, 6) is 2.51. The van der Waals surface area contributed by atoms with Crippen molar-refractivity contribution in [2.75, 3.05) is 32.2 Å². The maximum Gasteiger partial charge on any atom is 0.302 e. The number of hydrogen-bond acceptors (Lipinski definition) is 9. The van der Waals surface area contributed by atoms with Crippen LogP contribution in [0.25, 0.3) is 11.0 Å². The topological polar surface area (TPSA) is 107 Å². The van der Waals surface area contributed by atoms with E-state index in [0.29, 0.717) is 60.0 Å². The highest BCUT2D eigenvalue weighted by atomic mass is 16.5. The lowest BCUT2D eigenvalue weighted by Crippen LogP contribution is -2.38. The maximum atomic E-state index is 11.3. The third-order valence-electron chi connectivity index (χ3n) is 7.17. The van der Waals surface area contributed by atoms with Crippen LogP contribution in [0.5, 0.6) is 17.2 Å². The second-order valence-electron chi connectivity index (χ2n) is 9.90. The Balaban J connectivity index is 1.33. The number of methoxy groups -OCH3 is 2. The fourth-order valence-corrected chi connectivity index (χ4v) is 5.02. The van der Waals surface area contributed by atoms with Crippen LogP contribution in [-0.4, -0.2) is 49.4 Å². The molecule has 0 bridgehead atoms. The van der Waals surface area contributed by atoms with Gasteiger partial charge in [-0.15, -0.1) is 0 Å². The number of anilines is 1. The van der Waals surface area contributed by atoms with Crippen molar-refractivity contribution >= 4 is 22.8 Å². The van der Waals surface area contributed by atoms with Crippen molar-refractivity contribution in [3.05, 3.63) is 83.0 Å². The Kier molecular flexibility index (Phi) is 8.49. The molecule has 0 spiro atoms. The van der Waals surface area contributed by atoms with Gasteiger partial charge in [0.1, 0.15) is 35.9 Å². The smallest absolute Gasteiger partial charge is 0.302 e. The monoisotopic (exact) mass is 552 g/mol. The van der Waals surface area contributed by atoms with Crippen LogP contribution in [-0.2, 0) is 22.6 Å². The van der Waals surface area contributed by atoms with Crippen molar-refractivity contribution in [2.45, 2.75) is 38.9 Å². The molecule has 1 saturated heterocycles. The molecule has 4 aromatic rings. The second kappa shape index (κ2) is 12.6. The third kappa shape index (κ3) is 6.49. The summed E-state index contributed by atoms with van der Waals surface area (Å²) in [6, 6.07) is 19.7. The zero-order valence-corrected chi connectivity index (χ0v) is 23.4. The van der Waals surface area contributed by atoms with E-state index >= 15 is 0 Å². The van der Waals surface area contributed by atoms with Gasteiger partial charge in [-0.1, -0.05) is 24.3 Å². The molecule has 2 heterocycles. The predicted molar refractivity (Wildman–Crippen MR) is 154 cm³/mol. The average molecular weight is 553 g/mol. The molecule has 1 aliphatic heterocycles. The number of hydrogen-bond donors (Lipinski definition) is 0. The van der Waals surface area contributed by atoms with Crippen molar-refractivity contribution in [1.82, 2.24) is 9.97 Å². The van der Waals surface area contributed by atoms with E-state index in [9.17, 15) is 10.1 Å². The molecule has 0 saturated carbocycles. The molecule has 0 N–H and O–H groups in total. The second-order valence-corrected chi connectivity index (χ2v) is 9.90. The third-order valence-corrected chi connectivity index (χ3v) is 7.17. The van der Waals surface area contributed by atoms with E-state index in [2.05, 4.69) is 16.0 Å². The fourth-order valence-electron chi connectivity index (χ4n) is 5.02. The number of rotatable bonds is 9. The van der Waals surface area contributed by atoms with Gasteiger partial charge in [0.05, 0.1) is 31.5 Å². The molecule has 9 heteroatoms. The molecule has 0 aliphatic carbocycles. The van der Waals surface area contributed by atoms with Crippen LogP contribution in [0.3, 0.4) is 0 Å². The molecule has 210 valence electrons. The summed E-state index contributed by atoms with van der Waals surface area (Å²) in [5, 5.41) is 10.1. The summed E-state index contributed by atoms with van der Waals surface area (Å²) in [6.45, 7) is 3.23. The molecule has 41 heavy (non-hydrogen) atoms. The standard InChI is InChI=1S/C32H32N4O5/c1-21(37)41-26-12-14-36(15-13-26)31-19-34-28-10-7-24(27(18-33)32(28)35-31)16-23-6-11-29(30(17-23)39-3)40-20-22-4-8-25(38-2)9-5-22/h4-11,17,19,26H,12-16,20H2,1-3H3. The van der Waals surface area contributed by atoms with Crippen LogP contribution < -0.4 is 19.1 Å². The lowest BCUT2D eigenvalue weighted by Gasteiger charge is -2.32. The van der Waals surface area contributed by atoms with E-state index in [4.69, 9.17) is 23.9 Å². The van der Waals surface area contributed by atoms with Crippen LogP contribution in [0.4, 0.5) is 5.82 Å². The van der Waals surface area contributed by atoms with Crippen molar-refractivity contribution in [2.24, 2.45) is 0 Å². The van der Waals surface area contributed by atoms with Crippen LogP contribution in [0, 0.1) is 11.3 Å². The normalized spacial score (nSPS) is 13.5. The molecule has 9 nitrogen and oxygen atoms in total. The molecule has 0 unspecified atom stereocenters. The molecule has 0 radical (unpaired) electrons. The Morgan fingerprint density at radius 3 is 2.44 bits per heavy atom. The first-order valence-electron chi connectivity index (χ1n) is 13.5. The molecule has 1 aliphatic rings. The summed E-state index contributed by atoms with van der Waals surface area (Å²) < 4.78 is 22.2. The predicted octanol–water partition coefficient (Wildman–Crippen LogP) is 5.22. The van der Waals surface area contributed by atoms with E-state index in [-0.39, 0.29) is 12.1 Å². The SMILES string of the molecule is COc1ccc(COc2ccc(Cc3ccc4ncc(N5CCC(OC(C)=O)CC5)nc4c3C#N)cc2OC)cc1. The number of esters is 1. The van der Waals surface area contributed by atoms with Crippen molar-refractivity contribution in [3.63, 3.8) is 0 Å². The summed E-state index contributed by atoms with van der Waals surface area (Å²) in [4.78, 5) is 22.9. The van der Waals surface area contributed by atoms with Crippen LogP contribution in [0.1, 0.15) is 42.0 Å². The number of ether oxygens (including phenoxy) is 4. The molecule has 3 aromatic carbocycles. The first-order chi connectivity index (χ1) is 20.0. The van der Waals surface area contributed by atoms with Gasteiger partial charge < -0.3 is 23.8 Å². The van der Waals surface area contributed by atoms with Gasteiger partial charge in [0.2, 0.25) is 0 Å². The lowest BCUT2D eigenvalue weighted by molar-refractivity contribution is -0.147. The summed E-state index contributed by atoms with van der Waals surface area (Å²) >= 11 is 0. The summed E-state index contributed by atoms with van der Waals surface area (Å²) in [5.41, 5.74) is 4.60. The van der Waals surface area contributed by atoms with Gasteiger partial charge in [-0.3, -0.25) is 9.78 Å². The van der Waals surface area contributed by atoms with Gasteiger partial charge in [0.15, 0.2) is 11.5 Å². The van der Waals surface area contributed by atoms with Gasteiger partial charge in [-0.25, -0.2) is 4.98 Å². The van der Waals surface area contributed by atoms with E-state index < -0.39 is 0 Å². The van der Waals surface area contributed by atoms with Crippen molar-refractivity contribution < 1.29 is 23.7 Å². The summed E-state index contributed by atoms with van der Waals surface area (Å²) in [6.07, 6.45) is 3.64. The molecule has 1 fully saturated rings. The molecular weight excluding hydrogens is 520 g/mol. The fraction of sp³-hybridized carbons (Fsp3) is 0.312. The largest absolute Gasteiger partial charge is 0.497 e. The van der Waals surface area contributed by atoms with E-state index in [1.807, 2.05) is 54.6 Å². The zero-order chi connectivity index (χ0) is 28.8. The Morgan fingerprint density at radius 2 is 1.76 bits per heavy atom. The molecule has 0 amide bonds. The molecule has 5 rings (SSSR count). The van der Waals surface area contributed by atoms with E-state index in [1.165, 1.54) is 6.92 Å². The zero-order valence-electron chi connectivity index (χ0n) is 23.4. The highest BCUT2D eigenvalue weighted by Gasteiger charge is 2.23. The Labute approximate surface area is 239 Å². The number of piperidine rings is 1. The van der Waals surface area contributed by atoms with Crippen LogP contribution in [0.2, 0.25) is 0 Å².